The van der Waals surface area contributed by atoms with E-state index in [1.54, 1.807) is 13.0 Å². The van der Waals surface area contributed by atoms with Crippen molar-refractivity contribution in [2.45, 2.75) is 92.1 Å². The highest BCUT2D eigenvalue weighted by molar-refractivity contribution is 6.02. The lowest BCUT2D eigenvalue weighted by Gasteiger charge is -2.16. The van der Waals surface area contributed by atoms with Crippen LogP contribution in [0, 0.1) is 5.92 Å². The SMILES string of the molecule is CCc1c2c3[nH]c1cc1nc(cc4nc(cc5[nH]c(c3C=C2O)[C@@H](CCC(=O)O)[C@@H]5C)C(C)=C4[C@@H](C)O)C(C)=C1CC(C)C. The summed E-state index contributed by atoms with van der Waals surface area (Å²) < 4.78 is 0. The number of rotatable bonds is 7. The van der Waals surface area contributed by atoms with Crippen LogP contribution in [0.3, 0.4) is 0 Å². The van der Waals surface area contributed by atoms with E-state index in [-0.39, 0.29) is 24.0 Å². The molecule has 0 amide bonds. The quantitative estimate of drug-likeness (QED) is 0.220. The number of aromatic amines is 2. The number of allylic oxidation sites excluding steroid dienone is 3. The van der Waals surface area contributed by atoms with E-state index < -0.39 is 12.1 Å². The Balaban J connectivity index is 1.76. The Labute approximate surface area is 258 Å². The fourth-order valence-electron chi connectivity index (χ4n) is 7.31. The topological polar surface area (TPSA) is 135 Å². The number of aromatic nitrogens is 4. The summed E-state index contributed by atoms with van der Waals surface area (Å²) in [6.07, 6.45) is 3.15. The number of hydrogen-bond acceptors (Lipinski definition) is 5. The second-order valence-corrected chi connectivity index (χ2v) is 13.0. The first-order chi connectivity index (χ1) is 20.9. The summed E-state index contributed by atoms with van der Waals surface area (Å²) in [5.74, 6) is -0.320. The van der Waals surface area contributed by atoms with Crippen molar-refractivity contribution in [2.24, 2.45) is 5.92 Å². The number of fused-ring (bicyclic) bond motifs is 8. The van der Waals surface area contributed by atoms with Crippen molar-refractivity contribution in [1.82, 2.24) is 19.9 Å². The molecule has 8 bridgehead atoms. The van der Waals surface area contributed by atoms with E-state index in [9.17, 15) is 20.1 Å². The maximum absolute atomic E-state index is 11.7. The Morgan fingerprint density at radius 2 is 1.70 bits per heavy atom. The minimum absolute atomic E-state index is 0.0167. The Bertz CT molecular complexity index is 1870. The molecule has 8 heteroatoms. The molecule has 5 N–H and O–H groups in total. The van der Waals surface area contributed by atoms with E-state index in [1.165, 1.54) is 5.57 Å². The minimum atomic E-state index is -0.836. The van der Waals surface area contributed by atoms with Gasteiger partial charge < -0.3 is 25.3 Å². The number of nitrogens with one attached hydrogen (secondary N) is 2. The molecule has 0 spiro atoms. The minimum Gasteiger partial charge on any atom is -0.507 e. The first-order valence-corrected chi connectivity index (χ1v) is 15.7. The lowest BCUT2D eigenvalue weighted by molar-refractivity contribution is -0.137. The molecule has 2 aromatic heterocycles. The van der Waals surface area contributed by atoms with Gasteiger partial charge in [0.15, 0.2) is 0 Å². The van der Waals surface area contributed by atoms with Gasteiger partial charge in [0.1, 0.15) is 5.76 Å². The van der Waals surface area contributed by atoms with E-state index in [0.717, 1.165) is 79.3 Å². The molecule has 44 heavy (non-hydrogen) atoms. The molecule has 1 aliphatic carbocycles. The van der Waals surface area contributed by atoms with Crippen molar-refractivity contribution < 1.29 is 20.1 Å². The van der Waals surface area contributed by atoms with Crippen LogP contribution < -0.4 is 0 Å². The molecule has 6 rings (SSSR count). The third-order valence-electron chi connectivity index (χ3n) is 9.57. The van der Waals surface area contributed by atoms with Gasteiger partial charge >= 0.3 is 5.97 Å². The van der Waals surface area contributed by atoms with E-state index in [2.05, 4.69) is 50.7 Å². The number of nitrogens with zero attached hydrogens (tertiary/aromatic N) is 2. The van der Waals surface area contributed by atoms with E-state index >= 15 is 0 Å². The van der Waals surface area contributed by atoms with Gasteiger partial charge in [-0.3, -0.25) is 4.79 Å². The summed E-state index contributed by atoms with van der Waals surface area (Å²) in [7, 11) is 0. The fourth-order valence-corrected chi connectivity index (χ4v) is 7.31. The molecule has 8 nitrogen and oxygen atoms in total. The molecule has 0 unspecified atom stereocenters. The Morgan fingerprint density at radius 3 is 2.36 bits per heavy atom. The fraction of sp³-hybridized carbons (Fsp3) is 0.417. The summed E-state index contributed by atoms with van der Waals surface area (Å²) in [6, 6.07) is 6.12. The van der Waals surface area contributed by atoms with Crippen molar-refractivity contribution in [1.29, 1.82) is 0 Å². The zero-order chi connectivity index (χ0) is 31.6. The highest BCUT2D eigenvalue weighted by Crippen LogP contribution is 2.46. The molecule has 3 atom stereocenters. The highest BCUT2D eigenvalue weighted by atomic mass is 16.4. The van der Waals surface area contributed by atoms with Gasteiger partial charge in [0.2, 0.25) is 0 Å². The van der Waals surface area contributed by atoms with Gasteiger partial charge in [0, 0.05) is 51.9 Å². The van der Waals surface area contributed by atoms with Crippen molar-refractivity contribution in [3.8, 4) is 0 Å². The summed E-state index contributed by atoms with van der Waals surface area (Å²) in [5.41, 5.74) is 13.4. The number of hydrogen-bond donors (Lipinski definition) is 5. The molecular weight excluding hydrogens is 552 g/mol. The van der Waals surface area contributed by atoms with Crippen LogP contribution in [-0.2, 0) is 11.2 Å². The van der Waals surface area contributed by atoms with Gasteiger partial charge in [-0.05, 0) is 92.5 Å². The maximum Gasteiger partial charge on any atom is 0.303 e. The second-order valence-electron chi connectivity index (χ2n) is 13.0. The van der Waals surface area contributed by atoms with E-state index in [0.29, 0.717) is 24.5 Å². The zero-order valence-electron chi connectivity index (χ0n) is 26.6. The van der Waals surface area contributed by atoms with Gasteiger partial charge in [-0.2, -0.15) is 0 Å². The third-order valence-corrected chi connectivity index (χ3v) is 9.57. The van der Waals surface area contributed by atoms with Gasteiger partial charge in [0.25, 0.3) is 0 Å². The second kappa shape index (κ2) is 11.1. The molecule has 0 fully saturated rings. The number of carboxylic acid groups (broad SMARTS) is 1. The number of aryl methyl sites for hydroxylation is 1. The molecule has 0 saturated heterocycles. The number of carbonyl (C=O) groups is 1. The van der Waals surface area contributed by atoms with Crippen LogP contribution in [0.2, 0.25) is 0 Å². The van der Waals surface area contributed by atoms with Crippen LogP contribution in [0.15, 0.2) is 18.2 Å². The van der Waals surface area contributed by atoms with Crippen LogP contribution in [-0.4, -0.2) is 47.3 Å². The molecule has 0 saturated carbocycles. The number of H-pyrrole nitrogens is 2. The summed E-state index contributed by atoms with van der Waals surface area (Å²) in [5, 5.41) is 31.7. The van der Waals surface area contributed by atoms with E-state index in [4.69, 9.17) is 9.97 Å². The molecule has 230 valence electrons. The van der Waals surface area contributed by atoms with Crippen LogP contribution in [0.4, 0.5) is 0 Å². The largest absolute Gasteiger partial charge is 0.507 e. The normalized spacial score (nSPS) is 19.2. The molecule has 0 radical (unpaired) electrons. The van der Waals surface area contributed by atoms with Crippen LogP contribution in [0.5, 0.6) is 0 Å². The molecule has 3 aliphatic heterocycles. The van der Waals surface area contributed by atoms with Gasteiger partial charge in [-0.25, -0.2) is 9.97 Å². The average molecular weight is 595 g/mol. The van der Waals surface area contributed by atoms with Crippen LogP contribution in [0.25, 0.3) is 45.2 Å². The number of aliphatic hydroxyl groups is 2. The summed E-state index contributed by atoms with van der Waals surface area (Å²) >= 11 is 0. The van der Waals surface area contributed by atoms with Crippen molar-refractivity contribution >= 4 is 51.1 Å². The van der Waals surface area contributed by atoms with Gasteiger partial charge in [0.05, 0.1) is 34.4 Å². The maximum atomic E-state index is 11.7. The first kappa shape index (κ1) is 29.9. The van der Waals surface area contributed by atoms with Gasteiger partial charge in [-0.1, -0.05) is 27.7 Å². The molecule has 0 aromatic carbocycles. The van der Waals surface area contributed by atoms with Crippen molar-refractivity contribution in [3.05, 3.63) is 69.1 Å². The predicted octanol–water partition coefficient (Wildman–Crippen LogP) is 8.01. The van der Waals surface area contributed by atoms with Gasteiger partial charge in [-0.15, -0.1) is 0 Å². The molecule has 2 aromatic rings. The molecule has 4 aliphatic rings. The van der Waals surface area contributed by atoms with Crippen molar-refractivity contribution in [3.63, 3.8) is 0 Å². The highest BCUT2D eigenvalue weighted by Gasteiger charge is 2.34. The van der Waals surface area contributed by atoms with E-state index in [1.807, 2.05) is 19.1 Å². The smallest absolute Gasteiger partial charge is 0.303 e. The lowest BCUT2D eigenvalue weighted by Crippen LogP contribution is -2.06. The molecule has 5 heterocycles. The predicted molar refractivity (Wildman–Crippen MR) is 176 cm³/mol. The number of aliphatic carboxylic acids is 1. The first-order valence-electron chi connectivity index (χ1n) is 15.7. The average Bonchev–Trinajstić information content (AvgIpc) is 3.70. The Morgan fingerprint density at radius 1 is 1.00 bits per heavy atom. The lowest BCUT2D eigenvalue weighted by atomic mass is 9.86. The summed E-state index contributed by atoms with van der Waals surface area (Å²) in [4.78, 5) is 29.1. The number of carboxylic acids is 1. The third kappa shape index (κ3) is 4.85. The molecular formula is C36H42N4O4. The van der Waals surface area contributed by atoms with Crippen LogP contribution >= 0.6 is 0 Å². The number of aliphatic hydroxyl groups excluding tert-OH is 2. The monoisotopic (exact) mass is 594 g/mol. The Kier molecular flexibility index (Phi) is 7.52. The standard InChI is InChI=1S/C36H42N4O4/c1-8-21-28-15-29-23(11-16(2)3)18(5)25(37-29)14-30-33(20(7)41)19(6)27(38-30)13-26-17(4)22(9-10-32(43)44)35(39-26)24-12-31(42)34(21)36(24)40-28/h12-17,20,22,39-42H,8-11H2,1-7H3,(H,43,44)/t17-,20+,22-/m0/s1. The van der Waals surface area contributed by atoms with Crippen molar-refractivity contribution in [2.75, 3.05) is 0 Å². The zero-order valence-corrected chi connectivity index (χ0v) is 26.6. The van der Waals surface area contributed by atoms with Crippen LogP contribution in [0.1, 0.15) is 130 Å². The Hall–Kier alpha value is -4.17. The summed E-state index contributed by atoms with van der Waals surface area (Å²) in [6.45, 7) is 14.5.